The summed E-state index contributed by atoms with van der Waals surface area (Å²) >= 11 is 12.1. The lowest BCUT2D eigenvalue weighted by atomic mass is 10.1. The Labute approximate surface area is 169 Å². The predicted molar refractivity (Wildman–Crippen MR) is 111 cm³/mol. The van der Waals surface area contributed by atoms with Crippen LogP contribution in [0.5, 0.6) is 0 Å². The maximum Gasteiger partial charge on any atom is 0.282 e. The van der Waals surface area contributed by atoms with Gasteiger partial charge < -0.3 is 15.5 Å². The van der Waals surface area contributed by atoms with Crippen LogP contribution in [0.4, 0.5) is 11.4 Å². The number of anilines is 2. The predicted octanol–water partition coefficient (Wildman–Crippen LogP) is 3.09. The Kier molecular flexibility index (Phi) is 7.25. The second-order valence-electron chi connectivity index (χ2n) is 6.65. The SMILES string of the molecule is Cc1cccc(C)c1NC(=O)C[NH+](C)[C@H](C)C(=O)Nc1cccc(Cl)c1Cl. The van der Waals surface area contributed by atoms with E-state index in [0.29, 0.717) is 15.7 Å². The summed E-state index contributed by atoms with van der Waals surface area (Å²) in [7, 11) is 1.80. The van der Waals surface area contributed by atoms with Crippen molar-refractivity contribution in [3.8, 4) is 0 Å². The van der Waals surface area contributed by atoms with Crippen LogP contribution < -0.4 is 15.5 Å². The zero-order valence-corrected chi connectivity index (χ0v) is 17.3. The Bertz CT molecular complexity index is 835. The molecule has 144 valence electrons. The lowest BCUT2D eigenvalue weighted by Crippen LogP contribution is -3.14. The van der Waals surface area contributed by atoms with E-state index in [1.165, 1.54) is 0 Å². The number of quaternary nitrogens is 1. The van der Waals surface area contributed by atoms with E-state index in [2.05, 4.69) is 10.6 Å². The van der Waals surface area contributed by atoms with Gasteiger partial charge in [0.2, 0.25) is 0 Å². The first-order valence-electron chi connectivity index (χ1n) is 8.64. The summed E-state index contributed by atoms with van der Waals surface area (Å²) in [5.41, 5.74) is 3.27. The number of carbonyl (C=O) groups excluding carboxylic acids is 2. The molecule has 0 saturated heterocycles. The number of aryl methyl sites for hydroxylation is 2. The molecule has 2 aromatic rings. The first-order chi connectivity index (χ1) is 12.7. The minimum Gasteiger partial charge on any atom is -0.321 e. The van der Waals surface area contributed by atoms with Crippen LogP contribution in [0, 0.1) is 13.8 Å². The van der Waals surface area contributed by atoms with Gasteiger partial charge >= 0.3 is 0 Å². The molecule has 3 N–H and O–H groups in total. The third kappa shape index (κ3) is 5.45. The van der Waals surface area contributed by atoms with Gasteiger partial charge in [0.1, 0.15) is 0 Å². The highest BCUT2D eigenvalue weighted by Gasteiger charge is 2.25. The van der Waals surface area contributed by atoms with E-state index in [0.717, 1.165) is 21.7 Å². The van der Waals surface area contributed by atoms with Crippen molar-refractivity contribution in [2.75, 3.05) is 24.2 Å². The summed E-state index contributed by atoms with van der Waals surface area (Å²) in [5, 5.41) is 6.37. The third-order valence-corrected chi connectivity index (χ3v) is 5.35. The average Bonchev–Trinajstić information content (AvgIpc) is 2.61. The Morgan fingerprint density at radius 1 is 1.04 bits per heavy atom. The van der Waals surface area contributed by atoms with Gasteiger partial charge in [0, 0.05) is 5.69 Å². The van der Waals surface area contributed by atoms with Gasteiger partial charge in [-0.05, 0) is 44.0 Å². The minimum atomic E-state index is -0.455. The van der Waals surface area contributed by atoms with E-state index in [9.17, 15) is 9.59 Å². The normalized spacial score (nSPS) is 13.0. The van der Waals surface area contributed by atoms with Gasteiger partial charge in [-0.25, -0.2) is 0 Å². The average molecular weight is 409 g/mol. The number of likely N-dealkylation sites (N-methyl/N-ethyl adjacent to an activating group) is 1. The van der Waals surface area contributed by atoms with Gasteiger partial charge in [0.25, 0.3) is 11.8 Å². The molecule has 27 heavy (non-hydrogen) atoms. The number of carbonyl (C=O) groups is 2. The maximum atomic E-state index is 12.5. The van der Waals surface area contributed by atoms with E-state index in [4.69, 9.17) is 23.2 Å². The Morgan fingerprint density at radius 2 is 1.63 bits per heavy atom. The summed E-state index contributed by atoms with van der Waals surface area (Å²) in [6, 6.07) is 10.4. The molecule has 1 unspecified atom stereocenters. The number of rotatable bonds is 6. The molecule has 0 aromatic heterocycles. The maximum absolute atomic E-state index is 12.5. The molecule has 7 heteroatoms. The molecule has 2 atom stereocenters. The molecule has 0 radical (unpaired) electrons. The highest BCUT2D eigenvalue weighted by Crippen LogP contribution is 2.29. The van der Waals surface area contributed by atoms with Crippen molar-refractivity contribution in [3.63, 3.8) is 0 Å². The van der Waals surface area contributed by atoms with E-state index in [1.807, 2.05) is 32.0 Å². The zero-order valence-electron chi connectivity index (χ0n) is 15.8. The van der Waals surface area contributed by atoms with Crippen LogP contribution in [0.25, 0.3) is 0 Å². The molecule has 0 fully saturated rings. The van der Waals surface area contributed by atoms with Crippen LogP contribution >= 0.6 is 23.2 Å². The fraction of sp³-hybridized carbons (Fsp3) is 0.300. The number of benzene rings is 2. The molecule has 2 rings (SSSR count). The summed E-state index contributed by atoms with van der Waals surface area (Å²) in [4.78, 5) is 25.7. The standard InChI is InChI=1S/C20H23Cl2N3O2/c1-12-7-5-8-13(2)19(12)24-17(26)11-25(4)14(3)20(27)23-16-10-6-9-15(21)18(16)22/h5-10,14H,11H2,1-4H3,(H,23,27)(H,24,26)/p+1/t14-/m1/s1. The van der Waals surface area contributed by atoms with Crippen molar-refractivity contribution in [1.82, 2.24) is 0 Å². The smallest absolute Gasteiger partial charge is 0.282 e. The van der Waals surface area contributed by atoms with E-state index < -0.39 is 6.04 Å². The van der Waals surface area contributed by atoms with Crippen LogP contribution in [-0.4, -0.2) is 31.4 Å². The molecule has 0 aliphatic rings. The summed E-state index contributed by atoms with van der Waals surface area (Å²) < 4.78 is 0. The summed E-state index contributed by atoms with van der Waals surface area (Å²) in [6.07, 6.45) is 0. The monoisotopic (exact) mass is 408 g/mol. The molecular formula is C20H24Cl2N3O2+. The van der Waals surface area contributed by atoms with Gasteiger partial charge in [0.15, 0.2) is 12.6 Å². The lowest BCUT2D eigenvalue weighted by Gasteiger charge is -2.21. The van der Waals surface area contributed by atoms with Crippen molar-refractivity contribution in [1.29, 1.82) is 0 Å². The summed E-state index contributed by atoms with van der Waals surface area (Å²) in [5.74, 6) is -0.387. The first kappa shape index (κ1) is 21.2. The molecule has 0 heterocycles. The van der Waals surface area contributed by atoms with Gasteiger partial charge in [0.05, 0.1) is 22.8 Å². The molecule has 0 aliphatic carbocycles. The van der Waals surface area contributed by atoms with Gasteiger partial charge in [-0.3, -0.25) is 9.59 Å². The minimum absolute atomic E-state index is 0.148. The van der Waals surface area contributed by atoms with Crippen LogP contribution in [0.1, 0.15) is 18.1 Å². The fourth-order valence-electron chi connectivity index (χ4n) is 2.67. The fourth-order valence-corrected chi connectivity index (χ4v) is 3.01. The Hall–Kier alpha value is -2.08. The molecular weight excluding hydrogens is 385 g/mol. The molecule has 2 amide bonds. The van der Waals surface area contributed by atoms with Crippen molar-refractivity contribution in [2.45, 2.75) is 26.8 Å². The molecule has 0 spiro atoms. The van der Waals surface area contributed by atoms with E-state index in [-0.39, 0.29) is 18.4 Å². The van der Waals surface area contributed by atoms with Gasteiger partial charge in [-0.2, -0.15) is 0 Å². The number of nitrogens with one attached hydrogen (secondary N) is 3. The summed E-state index contributed by atoms with van der Waals surface area (Å²) in [6.45, 7) is 5.81. The highest BCUT2D eigenvalue weighted by atomic mass is 35.5. The van der Waals surface area contributed by atoms with Gasteiger partial charge in [-0.1, -0.05) is 47.5 Å². The number of amides is 2. The number of hydrogen-bond donors (Lipinski definition) is 3. The van der Waals surface area contributed by atoms with Crippen LogP contribution in [-0.2, 0) is 9.59 Å². The first-order valence-corrected chi connectivity index (χ1v) is 9.39. The molecule has 0 aliphatic heterocycles. The van der Waals surface area contributed by atoms with Crippen molar-refractivity contribution >= 4 is 46.4 Å². The van der Waals surface area contributed by atoms with Crippen molar-refractivity contribution in [2.24, 2.45) is 0 Å². The third-order valence-electron chi connectivity index (χ3n) is 4.53. The number of para-hydroxylation sites is 1. The number of hydrogen-bond acceptors (Lipinski definition) is 2. The van der Waals surface area contributed by atoms with Crippen LogP contribution in [0.15, 0.2) is 36.4 Å². The van der Waals surface area contributed by atoms with Crippen molar-refractivity contribution in [3.05, 3.63) is 57.6 Å². The second kappa shape index (κ2) is 9.22. The molecule has 0 saturated carbocycles. The number of halogens is 2. The van der Waals surface area contributed by atoms with E-state index >= 15 is 0 Å². The topological polar surface area (TPSA) is 62.6 Å². The Balaban J connectivity index is 1.98. The quantitative estimate of drug-likeness (QED) is 0.687. The van der Waals surface area contributed by atoms with Crippen LogP contribution in [0.2, 0.25) is 10.0 Å². The molecule has 0 bridgehead atoms. The second-order valence-corrected chi connectivity index (χ2v) is 7.44. The lowest BCUT2D eigenvalue weighted by molar-refractivity contribution is -0.885. The largest absolute Gasteiger partial charge is 0.321 e. The highest BCUT2D eigenvalue weighted by molar-refractivity contribution is 6.44. The Morgan fingerprint density at radius 3 is 2.26 bits per heavy atom. The molecule has 5 nitrogen and oxygen atoms in total. The zero-order chi connectivity index (χ0) is 20.1. The van der Waals surface area contributed by atoms with Crippen LogP contribution in [0.3, 0.4) is 0 Å². The van der Waals surface area contributed by atoms with E-state index in [1.54, 1.807) is 32.2 Å². The van der Waals surface area contributed by atoms with Gasteiger partial charge in [-0.15, -0.1) is 0 Å². The van der Waals surface area contributed by atoms with Crippen molar-refractivity contribution < 1.29 is 14.5 Å². The molecule has 2 aromatic carbocycles.